The maximum atomic E-state index is 12.5. The van der Waals surface area contributed by atoms with E-state index in [1.807, 2.05) is 30.3 Å². The van der Waals surface area contributed by atoms with E-state index >= 15 is 0 Å². The van der Waals surface area contributed by atoms with Gasteiger partial charge in [0.2, 0.25) is 12.7 Å². The Morgan fingerprint density at radius 2 is 2.16 bits per heavy atom. The maximum Gasteiger partial charge on any atom is 0.246 e. The van der Waals surface area contributed by atoms with Crippen molar-refractivity contribution >= 4 is 12.0 Å². The smallest absolute Gasteiger partial charge is 0.246 e. The lowest BCUT2D eigenvalue weighted by atomic mass is 10.1. The van der Waals surface area contributed by atoms with E-state index in [1.165, 1.54) is 0 Å². The summed E-state index contributed by atoms with van der Waals surface area (Å²) in [5.74, 6) is 1.41. The summed E-state index contributed by atoms with van der Waals surface area (Å²) < 4.78 is 16.4. The summed E-state index contributed by atoms with van der Waals surface area (Å²) in [5, 5.41) is 0. The number of carbonyl (C=O) groups excluding carboxylic acids is 1. The molecule has 1 saturated heterocycles. The lowest BCUT2D eigenvalue weighted by Gasteiger charge is -2.32. The molecule has 0 spiro atoms. The van der Waals surface area contributed by atoms with Crippen molar-refractivity contribution in [3.63, 3.8) is 0 Å². The van der Waals surface area contributed by atoms with Crippen LogP contribution in [0.4, 0.5) is 0 Å². The molecule has 4 rings (SSSR count). The largest absolute Gasteiger partial charge is 0.454 e. The third kappa shape index (κ3) is 3.49. The van der Waals surface area contributed by atoms with Crippen LogP contribution in [0.3, 0.4) is 0 Å². The molecule has 6 nitrogen and oxygen atoms in total. The van der Waals surface area contributed by atoms with Crippen molar-refractivity contribution in [3.05, 3.63) is 59.9 Å². The molecule has 0 saturated carbocycles. The fourth-order valence-electron chi connectivity index (χ4n) is 2.91. The number of rotatable bonds is 3. The average molecular weight is 338 g/mol. The Balaban J connectivity index is 1.42. The van der Waals surface area contributed by atoms with Crippen molar-refractivity contribution in [1.82, 2.24) is 9.88 Å². The molecule has 2 aromatic rings. The minimum Gasteiger partial charge on any atom is -0.454 e. The molecule has 1 atom stereocenters. The van der Waals surface area contributed by atoms with Gasteiger partial charge in [-0.25, -0.2) is 0 Å². The summed E-state index contributed by atoms with van der Waals surface area (Å²) in [4.78, 5) is 18.4. The first kappa shape index (κ1) is 15.7. The van der Waals surface area contributed by atoms with Gasteiger partial charge in [-0.15, -0.1) is 0 Å². The first-order chi connectivity index (χ1) is 12.3. The van der Waals surface area contributed by atoms with Crippen molar-refractivity contribution in [3.8, 4) is 11.5 Å². The molecule has 128 valence electrons. The highest BCUT2D eigenvalue weighted by atomic mass is 16.7. The molecule has 2 aliphatic heterocycles. The van der Waals surface area contributed by atoms with Gasteiger partial charge in [-0.05, 0) is 29.8 Å². The van der Waals surface area contributed by atoms with Crippen LogP contribution in [-0.2, 0) is 9.53 Å². The molecule has 25 heavy (non-hydrogen) atoms. The number of aromatic nitrogens is 1. The zero-order chi connectivity index (χ0) is 17.1. The predicted molar refractivity (Wildman–Crippen MR) is 91.1 cm³/mol. The fourth-order valence-corrected chi connectivity index (χ4v) is 2.91. The number of hydrogen-bond acceptors (Lipinski definition) is 5. The molecule has 0 bridgehead atoms. The second kappa shape index (κ2) is 6.94. The zero-order valence-corrected chi connectivity index (χ0v) is 13.6. The molecular weight excluding hydrogens is 320 g/mol. The predicted octanol–water partition coefficient (Wildman–Crippen LogP) is 2.42. The molecule has 0 radical (unpaired) electrons. The summed E-state index contributed by atoms with van der Waals surface area (Å²) in [6, 6.07) is 9.45. The first-order valence-corrected chi connectivity index (χ1v) is 8.18. The average Bonchev–Trinajstić information content (AvgIpc) is 3.15. The number of fused-ring (bicyclic) bond motifs is 1. The number of carbonyl (C=O) groups is 1. The highest BCUT2D eigenvalue weighted by molar-refractivity contribution is 5.92. The molecule has 0 aliphatic carbocycles. The van der Waals surface area contributed by atoms with Crippen molar-refractivity contribution in [2.45, 2.75) is 6.10 Å². The number of nitrogens with zero attached hydrogens (tertiary/aromatic N) is 2. The Kier molecular flexibility index (Phi) is 4.35. The third-order valence-corrected chi connectivity index (χ3v) is 4.25. The molecule has 1 fully saturated rings. The van der Waals surface area contributed by atoms with Crippen LogP contribution in [0, 0.1) is 0 Å². The summed E-state index contributed by atoms with van der Waals surface area (Å²) in [6.07, 6.45) is 6.75. The number of benzene rings is 1. The van der Waals surface area contributed by atoms with Gasteiger partial charge in [0.1, 0.15) is 6.10 Å². The minimum atomic E-state index is -0.134. The number of amides is 1. The number of ether oxygens (including phenoxy) is 3. The summed E-state index contributed by atoms with van der Waals surface area (Å²) >= 11 is 0. The zero-order valence-electron chi connectivity index (χ0n) is 13.6. The Morgan fingerprint density at radius 1 is 1.24 bits per heavy atom. The van der Waals surface area contributed by atoms with Crippen molar-refractivity contribution in [2.24, 2.45) is 0 Å². The normalized spacial score (nSPS) is 19.4. The van der Waals surface area contributed by atoms with E-state index in [1.54, 1.807) is 29.4 Å². The van der Waals surface area contributed by atoms with Gasteiger partial charge in [0, 0.05) is 30.6 Å². The maximum absolute atomic E-state index is 12.5. The molecule has 6 heteroatoms. The van der Waals surface area contributed by atoms with Crippen LogP contribution >= 0.6 is 0 Å². The molecule has 1 aromatic heterocycles. The van der Waals surface area contributed by atoms with Crippen LogP contribution in [0.15, 0.2) is 48.8 Å². The quantitative estimate of drug-likeness (QED) is 0.805. The van der Waals surface area contributed by atoms with Crippen LogP contribution in [-0.4, -0.2) is 42.3 Å². The first-order valence-electron chi connectivity index (χ1n) is 8.18. The summed E-state index contributed by atoms with van der Waals surface area (Å²) in [7, 11) is 0. The van der Waals surface area contributed by atoms with Crippen molar-refractivity contribution in [1.29, 1.82) is 0 Å². The molecule has 2 aliphatic rings. The number of pyridine rings is 1. The van der Waals surface area contributed by atoms with Crippen LogP contribution in [0.2, 0.25) is 0 Å². The Morgan fingerprint density at radius 3 is 3.04 bits per heavy atom. The molecule has 0 N–H and O–H groups in total. The molecule has 1 aromatic carbocycles. The van der Waals surface area contributed by atoms with Gasteiger partial charge < -0.3 is 19.1 Å². The lowest BCUT2D eigenvalue weighted by Crippen LogP contribution is -2.41. The van der Waals surface area contributed by atoms with Crippen LogP contribution < -0.4 is 9.47 Å². The standard InChI is InChI=1S/C19H18N2O4/c22-19(6-4-14-3-5-16-17(10-14)25-13-24-16)21-8-9-23-18(12-21)15-2-1-7-20-11-15/h1-7,10-11,18H,8-9,12-13H2. The van der Waals surface area contributed by atoms with Crippen LogP contribution in [0.25, 0.3) is 6.08 Å². The minimum absolute atomic E-state index is 0.0325. The topological polar surface area (TPSA) is 60.9 Å². The molecular formula is C19H18N2O4. The van der Waals surface area contributed by atoms with E-state index in [9.17, 15) is 4.79 Å². The van der Waals surface area contributed by atoms with E-state index in [0.717, 1.165) is 16.9 Å². The van der Waals surface area contributed by atoms with Crippen molar-refractivity contribution in [2.75, 3.05) is 26.5 Å². The number of hydrogen-bond donors (Lipinski definition) is 0. The van der Waals surface area contributed by atoms with Gasteiger partial charge in [0.05, 0.1) is 13.2 Å². The Hall–Kier alpha value is -2.86. The Bertz CT molecular complexity index is 791. The SMILES string of the molecule is O=C(C=Cc1ccc2c(c1)OCO2)N1CCOC(c2cccnc2)C1. The second-order valence-electron chi connectivity index (χ2n) is 5.88. The van der Waals surface area contributed by atoms with Gasteiger partial charge in [-0.1, -0.05) is 12.1 Å². The van der Waals surface area contributed by atoms with E-state index in [0.29, 0.717) is 25.4 Å². The molecule has 1 unspecified atom stereocenters. The van der Waals surface area contributed by atoms with Gasteiger partial charge in [-0.3, -0.25) is 9.78 Å². The summed E-state index contributed by atoms with van der Waals surface area (Å²) in [6.45, 7) is 1.87. The van der Waals surface area contributed by atoms with Gasteiger partial charge in [0.15, 0.2) is 11.5 Å². The second-order valence-corrected chi connectivity index (χ2v) is 5.88. The van der Waals surface area contributed by atoms with Gasteiger partial charge in [-0.2, -0.15) is 0 Å². The molecule has 3 heterocycles. The lowest BCUT2D eigenvalue weighted by molar-refractivity contribution is -0.133. The number of morpholine rings is 1. The van der Waals surface area contributed by atoms with Gasteiger partial charge in [0.25, 0.3) is 0 Å². The van der Waals surface area contributed by atoms with Crippen molar-refractivity contribution < 1.29 is 19.0 Å². The Labute approximate surface area is 145 Å². The van der Waals surface area contributed by atoms with Crippen LogP contribution in [0.5, 0.6) is 11.5 Å². The van der Waals surface area contributed by atoms with E-state index in [4.69, 9.17) is 14.2 Å². The van der Waals surface area contributed by atoms with E-state index < -0.39 is 0 Å². The third-order valence-electron chi connectivity index (χ3n) is 4.25. The van der Waals surface area contributed by atoms with Gasteiger partial charge >= 0.3 is 0 Å². The highest BCUT2D eigenvalue weighted by Crippen LogP contribution is 2.32. The fraction of sp³-hybridized carbons (Fsp3) is 0.263. The van der Waals surface area contributed by atoms with E-state index in [-0.39, 0.29) is 18.8 Å². The van der Waals surface area contributed by atoms with Crippen LogP contribution in [0.1, 0.15) is 17.2 Å². The summed E-state index contributed by atoms with van der Waals surface area (Å²) in [5.41, 5.74) is 1.88. The monoisotopic (exact) mass is 338 g/mol. The highest BCUT2D eigenvalue weighted by Gasteiger charge is 2.24. The van der Waals surface area contributed by atoms with E-state index in [2.05, 4.69) is 4.98 Å². The molecule has 1 amide bonds.